The van der Waals surface area contributed by atoms with Crippen LogP contribution in [0.5, 0.6) is 0 Å². The van der Waals surface area contributed by atoms with E-state index in [1.165, 1.54) is 0 Å². The molecule has 1 atom stereocenters. The van der Waals surface area contributed by atoms with Crippen LogP contribution in [-0.4, -0.2) is 32.0 Å². The van der Waals surface area contributed by atoms with E-state index >= 15 is 0 Å². The minimum absolute atomic E-state index is 0.195. The van der Waals surface area contributed by atoms with Gasteiger partial charge in [-0.3, -0.25) is 4.79 Å². The summed E-state index contributed by atoms with van der Waals surface area (Å²) in [4.78, 5) is 12.2. The average Bonchev–Trinajstić information content (AvgIpc) is 3.06. The molecule has 0 amide bonds. The molecule has 0 aliphatic rings. The van der Waals surface area contributed by atoms with Crippen molar-refractivity contribution in [3.63, 3.8) is 0 Å². The fraction of sp³-hybridized carbons (Fsp3) is 0.526. The Balaban J connectivity index is 1.89. The maximum absolute atomic E-state index is 12.2. The smallest absolute Gasteiger partial charge is 0.319 e. The van der Waals surface area contributed by atoms with Gasteiger partial charge < -0.3 is 4.74 Å². The molecule has 0 N–H and O–H groups in total. The molecule has 2 aromatic rings. The molecule has 7 heteroatoms. The van der Waals surface area contributed by atoms with Crippen LogP contribution in [-0.2, 0) is 27.6 Å². The van der Waals surface area contributed by atoms with E-state index in [2.05, 4.69) is 31.1 Å². The Labute approximate surface area is 164 Å². The number of carbonyl (C=O) groups is 1. The van der Waals surface area contributed by atoms with Gasteiger partial charge in [0.15, 0.2) is 0 Å². The maximum atomic E-state index is 12.2. The molecule has 1 unspecified atom stereocenters. The van der Waals surface area contributed by atoms with Gasteiger partial charge in [0.05, 0.1) is 16.6 Å². The van der Waals surface area contributed by atoms with Gasteiger partial charge in [-0.15, -0.1) is 16.9 Å². The van der Waals surface area contributed by atoms with Crippen LogP contribution in [0.1, 0.15) is 50.7 Å². The number of hydrogen-bond donors (Lipinski definition) is 0. The fourth-order valence-corrected chi connectivity index (χ4v) is 3.87. The van der Waals surface area contributed by atoms with Crippen molar-refractivity contribution in [3.05, 3.63) is 47.3 Å². The van der Waals surface area contributed by atoms with Crippen molar-refractivity contribution in [2.24, 2.45) is 0 Å². The van der Waals surface area contributed by atoms with Gasteiger partial charge in [-0.25, -0.2) is 4.68 Å². The molecule has 0 spiro atoms. The van der Waals surface area contributed by atoms with E-state index in [1.807, 2.05) is 53.7 Å². The van der Waals surface area contributed by atoms with Crippen LogP contribution in [0.15, 0.2) is 30.3 Å². The minimum atomic E-state index is -0.241. The fourth-order valence-electron chi connectivity index (χ4n) is 2.34. The second kappa shape index (κ2) is 10.6. The van der Waals surface area contributed by atoms with Crippen molar-refractivity contribution >= 4 is 29.5 Å². The number of esters is 1. The van der Waals surface area contributed by atoms with Crippen LogP contribution in [0.4, 0.5) is 0 Å². The van der Waals surface area contributed by atoms with E-state index in [9.17, 15) is 4.79 Å². The van der Waals surface area contributed by atoms with Gasteiger partial charge in [0.1, 0.15) is 6.61 Å². The van der Waals surface area contributed by atoms with E-state index in [0.717, 1.165) is 28.5 Å². The largest absolute Gasteiger partial charge is 0.460 e. The Morgan fingerprint density at radius 1 is 1.19 bits per heavy atom. The Morgan fingerprint density at radius 3 is 2.58 bits per heavy atom. The van der Waals surface area contributed by atoms with Gasteiger partial charge in [0.25, 0.3) is 0 Å². The van der Waals surface area contributed by atoms with Crippen LogP contribution in [0, 0.1) is 0 Å². The number of thioether (sulfide) groups is 2. The first-order valence-electron chi connectivity index (χ1n) is 8.85. The van der Waals surface area contributed by atoms with Crippen molar-refractivity contribution in [3.8, 4) is 0 Å². The summed E-state index contributed by atoms with van der Waals surface area (Å²) in [7, 11) is 0. The Morgan fingerprint density at radius 2 is 1.92 bits per heavy atom. The Bertz CT molecular complexity index is 689. The van der Waals surface area contributed by atoms with Crippen molar-refractivity contribution < 1.29 is 9.53 Å². The molecular weight excluding hydrogens is 366 g/mol. The SMILES string of the molecule is CCSCc1c(CSC(C)C(=O)OCc2ccccc2)nnn1C(C)C. The van der Waals surface area contributed by atoms with E-state index in [1.54, 1.807) is 11.8 Å². The highest BCUT2D eigenvalue weighted by Gasteiger charge is 2.19. The Hall–Kier alpha value is -1.47. The topological polar surface area (TPSA) is 57.0 Å². The van der Waals surface area contributed by atoms with Gasteiger partial charge in [-0.05, 0) is 32.1 Å². The molecule has 0 fully saturated rings. The maximum Gasteiger partial charge on any atom is 0.319 e. The summed E-state index contributed by atoms with van der Waals surface area (Å²) >= 11 is 3.40. The lowest BCUT2D eigenvalue weighted by molar-refractivity contribution is -0.143. The molecular formula is C19H27N3O2S2. The van der Waals surface area contributed by atoms with Crippen LogP contribution in [0.3, 0.4) is 0 Å². The molecule has 0 bridgehead atoms. The number of hydrogen-bond acceptors (Lipinski definition) is 6. The number of aromatic nitrogens is 3. The molecule has 2 rings (SSSR count). The van der Waals surface area contributed by atoms with Crippen molar-refractivity contribution in [2.45, 2.75) is 57.1 Å². The van der Waals surface area contributed by atoms with Crippen LogP contribution in [0.2, 0.25) is 0 Å². The summed E-state index contributed by atoms with van der Waals surface area (Å²) in [6.45, 7) is 8.55. The summed E-state index contributed by atoms with van der Waals surface area (Å²) in [6, 6.07) is 10.0. The first-order chi connectivity index (χ1) is 12.5. The van der Waals surface area contributed by atoms with Gasteiger partial charge in [0.2, 0.25) is 0 Å². The number of ether oxygens (including phenoxy) is 1. The van der Waals surface area contributed by atoms with E-state index in [0.29, 0.717) is 12.4 Å². The standard InChI is InChI=1S/C19H27N3O2S2/c1-5-25-13-18-17(20-21-22(18)14(2)3)12-26-15(4)19(23)24-11-16-9-7-6-8-10-16/h6-10,14-15H,5,11-13H2,1-4H3. The third-order valence-corrected chi connectivity index (χ3v) is 5.85. The lowest BCUT2D eigenvalue weighted by Gasteiger charge is -2.12. The van der Waals surface area contributed by atoms with E-state index in [-0.39, 0.29) is 17.3 Å². The molecule has 5 nitrogen and oxygen atoms in total. The second-order valence-electron chi connectivity index (χ2n) is 6.20. The minimum Gasteiger partial charge on any atom is -0.460 e. The first-order valence-corrected chi connectivity index (χ1v) is 11.1. The summed E-state index contributed by atoms with van der Waals surface area (Å²) < 4.78 is 7.39. The van der Waals surface area contributed by atoms with Crippen LogP contribution >= 0.6 is 23.5 Å². The molecule has 0 radical (unpaired) electrons. The van der Waals surface area contributed by atoms with Gasteiger partial charge in [-0.1, -0.05) is 42.5 Å². The second-order valence-corrected chi connectivity index (χ2v) is 8.81. The quantitative estimate of drug-likeness (QED) is 0.555. The van der Waals surface area contributed by atoms with Gasteiger partial charge in [0, 0.05) is 17.5 Å². The zero-order chi connectivity index (χ0) is 18.9. The molecule has 1 aromatic heterocycles. The zero-order valence-electron chi connectivity index (χ0n) is 15.8. The highest BCUT2D eigenvalue weighted by molar-refractivity contribution is 7.99. The molecule has 0 aliphatic heterocycles. The third kappa shape index (κ3) is 6.06. The molecule has 26 heavy (non-hydrogen) atoms. The van der Waals surface area contributed by atoms with E-state index < -0.39 is 0 Å². The number of benzene rings is 1. The van der Waals surface area contributed by atoms with Crippen molar-refractivity contribution in [1.29, 1.82) is 0 Å². The molecule has 0 saturated carbocycles. The molecule has 0 saturated heterocycles. The molecule has 142 valence electrons. The zero-order valence-corrected chi connectivity index (χ0v) is 17.5. The highest BCUT2D eigenvalue weighted by atomic mass is 32.2. The number of rotatable bonds is 10. The predicted octanol–water partition coefficient (Wildman–Crippen LogP) is 4.48. The molecule has 0 aliphatic carbocycles. The summed E-state index contributed by atoms with van der Waals surface area (Å²) in [5.41, 5.74) is 3.12. The summed E-state index contributed by atoms with van der Waals surface area (Å²) in [6.07, 6.45) is 0. The number of carbonyl (C=O) groups excluding carboxylic acids is 1. The Kier molecular flexibility index (Phi) is 8.51. The summed E-state index contributed by atoms with van der Waals surface area (Å²) in [5, 5.41) is 8.39. The number of nitrogens with zero attached hydrogens (tertiary/aromatic N) is 3. The lowest BCUT2D eigenvalue weighted by atomic mass is 10.2. The van der Waals surface area contributed by atoms with Gasteiger partial charge >= 0.3 is 5.97 Å². The lowest BCUT2D eigenvalue weighted by Crippen LogP contribution is -2.17. The first kappa shape index (κ1) is 20.8. The van der Waals surface area contributed by atoms with Gasteiger partial charge in [-0.2, -0.15) is 11.8 Å². The molecule has 1 heterocycles. The highest BCUT2D eigenvalue weighted by Crippen LogP contribution is 2.24. The normalized spacial score (nSPS) is 12.3. The average molecular weight is 394 g/mol. The van der Waals surface area contributed by atoms with Crippen molar-refractivity contribution in [1.82, 2.24) is 15.0 Å². The van der Waals surface area contributed by atoms with Crippen molar-refractivity contribution in [2.75, 3.05) is 5.75 Å². The monoisotopic (exact) mass is 393 g/mol. The molecule has 1 aromatic carbocycles. The summed E-state index contributed by atoms with van der Waals surface area (Å²) in [5.74, 6) is 2.41. The third-order valence-electron chi connectivity index (χ3n) is 3.83. The van der Waals surface area contributed by atoms with Crippen LogP contribution in [0.25, 0.3) is 0 Å². The predicted molar refractivity (Wildman–Crippen MR) is 109 cm³/mol. The van der Waals surface area contributed by atoms with E-state index in [4.69, 9.17) is 4.74 Å². The van der Waals surface area contributed by atoms with Crippen LogP contribution < -0.4 is 0 Å².